The summed E-state index contributed by atoms with van der Waals surface area (Å²) in [5, 5.41) is 6.90. The van der Waals surface area contributed by atoms with Crippen LogP contribution in [0.5, 0.6) is 0 Å². The molecule has 1 saturated heterocycles. The molecular formula is C21H36N4O3S. The maximum Gasteiger partial charge on any atom is 0.191 e. The fourth-order valence-corrected chi connectivity index (χ4v) is 4.08. The smallest absolute Gasteiger partial charge is 0.191 e. The average molecular weight is 425 g/mol. The minimum Gasteiger partial charge on any atom is -0.385 e. The van der Waals surface area contributed by atoms with Gasteiger partial charge in [-0.2, -0.15) is 0 Å². The first-order valence-electron chi connectivity index (χ1n) is 10.5. The van der Waals surface area contributed by atoms with Crippen molar-refractivity contribution in [2.45, 2.75) is 43.5 Å². The molecule has 0 aromatic heterocycles. The molecule has 1 fully saturated rings. The molecule has 0 aliphatic carbocycles. The zero-order valence-corrected chi connectivity index (χ0v) is 18.8. The van der Waals surface area contributed by atoms with E-state index in [1.807, 2.05) is 12.1 Å². The molecule has 164 valence electrons. The van der Waals surface area contributed by atoms with Gasteiger partial charge in [0.25, 0.3) is 0 Å². The van der Waals surface area contributed by atoms with Gasteiger partial charge >= 0.3 is 0 Å². The molecule has 1 aliphatic heterocycles. The van der Waals surface area contributed by atoms with Crippen LogP contribution in [0.15, 0.2) is 34.2 Å². The van der Waals surface area contributed by atoms with E-state index in [9.17, 15) is 8.42 Å². The minimum atomic E-state index is -3.15. The first-order valence-corrected chi connectivity index (χ1v) is 12.4. The van der Waals surface area contributed by atoms with Gasteiger partial charge in [-0.15, -0.1) is 0 Å². The molecular weight excluding hydrogens is 388 g/mol. The second kappa shape index (κ2) is 12.1. The summed E-state index contributed by atoms with van der Waals surface area (Å²) in [6, 6.07) is 7.51. The topological polar surface area (TPSA) is 83.0 Å². The number of nitrogens with one attached hydrogen (secondary N) is 2. The lowest BCUT2D eigenvalue weighted by molar-refractivity contribution is 0.155. The standard InChI is InChI=1S/C21H36N4O3S/c1-4-22-21(24-19-11-15-25(16-12-19)14-5-17-28-2)23-13-10-18-6-8-20(9-7-18)29(3,26)27/h6-9,19H,4-5,10-17H2,1-3H3,(H2,22,23,24). The van der Waals surface area contributed by atoms with Crippen LogP contribution in [0.25, 0.3) is 0 Å². The summed E-state index contributed by atoms with van der Waals surface area (Å²) >= 11 is 0. The Bertz CT molecular complexity index is 727. The molecule has 1 aliphatic rings. The van der Waals surface area contributed by atoms with E-state index in [0.717, 1.165) is 70.0 Å². The molecule has 29 heavy (non-hydrogen) atoms. The van der Waals surface area contributed by atoms with Gasteiger partial charge in [0.2, 0.25) is 0 Å². The number of hydrogen-bond acceptors (Lipinski definition) is 5. The summed E-state index contributed by atoms with van der Waals surface area (Å²) in [7, 11) is -1.39. The van der Waals surface area contributed by atoms with E-state index in [1.165, 1.54) is 6.26 Å². The van der Waals surface area contributed by atoms with E-state index in [4.69, 9.17) is 9.73 Å². The Morgan fingerprint density at radius 1 is 1.24 bits per heavy atom. The number of piperidine rings is 1. The number of sulfone groups is 1. The van der Waals surface area contributed by atoms with E-state index >= 15 is 0 Å². The van der Waals surface area contributed by atoms with Gasteiger partial charge in [-0.05, 0) is 50.3 Å². The van der Waals surface area contributed by atoms with Gasteiger partial charge in [-0.25, -0.2) is 8.42 Å². The van der Waals surface area contributed by atoms with E-state index in [1.54, 1.807) is 19.2 Å². The number of hydrogen-bond donors (Lipinski definition) is 2. The third kappa shape index (κ3) is 8.72. The lowest BCUT2D eigenvalue weighted by Crippen LogP contribution is -2.49. The number of guanidine groups is 1. The monoisotopic (exact) mass is 424 g/mol. The third-order valence-corrected chi connectivity index (χ3v) is 6.25. The quantitative estimate of drug-likeness (QED) is 0.338. The van der Waals surface area contributed by atoms with Crippen LogP contribution >= 0.6 is 0 Å². The molecule has 8 heteroatoms. The number of rotatable bonds is 10. The number of benzene rings is 1. The lowest BCUT2D eigenvalue weighted by atomic mass is 10.1. The molecule has 1 aromatic carbocycles. The molecule has 1 heterocycles. The van der Waals surface area contributed by atoms with E-state index in [0.29, 0.717) is 17.5 Å². The van der Waals surface area contributed by atoms with Crippen molar-refractivity contribution in [2.24, 2.45) is 4.99 Å². The summed E-state index contributed by atoms with van der Waals surface area (Å²) in [5.41, 5.74) is 1.08. The molecule has 0 bridgehead atoms. The Morgan fingerprint density at radius 2 is 1.93 bits per heavy atom. The Kier molecular flexibility index (Phi) is 9.90. The first kappa shape index (κ1) is 23.6. The van der Waals surface area contributed by atoms with Crippen LogP contribution in [0.1, 0.15) is 31.7 Å². The van der Waals surface area contributed by atoms with Crippen LogP contribution in [0.4, 0.5) is 0 Å². The van der Waals surface area contributed by atoms with Crippen molar-refractivity contribution in [2.75, 3.05) is 52.7 Å². The normalized spacial score (nSPS) is 16.7. The van der Waals surface area contributed by atoms with Crippen LogP contribution < -0.4 is 10.6 Å². The third-order valence-electron chi connectivity index (χ3n) is 5.12. The van der Waals surface area contributed by atoms with Crippen molar-refractivity contribution in [1.82, 2.24) is 15.5 Å². The maximum absolute atomic E-state index is 11.5. The molecule has 0 amide bonds. The van der Waals surface area contributed by atoms with Crippen molar-refractivity contribution in [1.29, 1.82) is 0 Å². The van der Waals surface area contributed by atoms with Gasteiger partial charge in [0.15, 0.2) is 15.8 Å². The first-order chi connectivity index (χ1) is 13.9. The van der Waals surface area contributed by atoms with Crippen molar-refractivity contribution < 1.29 is 13.2 Å². The predicted molar refractivity (Wildman–Crippen MR) is 118 cm³/mol. The van der Waals surface area contributed by atoms with Gasteiger partial charge in [-0.1, -0.05) is 12.1 Å². The molecule has 0 radical (unpaired) electrons. The predicted octanol–water partition coefficient (Wildman–Crippen LogP) is 1.69. The highest BCUT2D eigenvalue weighted by atomic mass is 32.2. The van der Waals surface area contributed by atoms with Crippen LogP contribution in [-0.2, 0) is 21.0 Å². The largest absolute Gasteiger partial charge is 0.385 e. The highest BCUT2D eigenvalue weighted by molar-refractivity contribution is 7.90. The Morgan fingerprint density at radius 3 is 2.52 bits per heavy atom. The second-order valence-electron chi connectivity index (χ2n) is 7.53. The molecule has 0 unspecified atom stereocenters. The maximum atomic E-state index is 11.5. The van der Waals surface area contributed by atoms with Gasteiger partial charge in [0.1, 0.15) is 0 Å². The van der Waals surface area contributed by atoms with Crippen LogP contribution in [0.3, 0.4) is 0 Å². The van der Waals surface area contributed by atoms with Crippen LogP contribution in [0, 0.1) is 0 Å². The van der Waals surface area contributed by atoms with Gasteiger partial charge < -0.3 is 20.3 Å². The van der Waals surface area contributed by atoms with E-state index < -0.39 is 9.84 Å². The highest BCUT2D eigenvalue weighted by Crippen LogP contribution is 2.12. The fraction of sp³-hybridized carbons (Fsp3) is 0.667. The SMILES string of the molecule is CCNC(=NCCc1ccc(S(C)(=O)=O)cc1)NC1CCN(CCCOC)CC1. The average Bonchev–Trinajstić information content (AvgIpc) is 2.69. The molecule has 7 nitrogen and oxygen atoms in total. The molecule has 1 aromatic rings. The number of nitrogens with zero attached hydrogens (tertiary/aromatic N) is 2. The van der Waals surface area contributed by atoms with Gasteiger partial charge in [0.05, 0.1) is 4.90 Å². The minimum absolute atomic E-state index is 0.355. The summed E-state index contributed by atoms with van der Waals surface area (Å²) < 4.78 is 28.2. The van der Waals surface area contributed by atoms with Crippen molar-refractivity contribution >= 4 is 15.8 Å². The van der Waals surface area contributed by atoms with Gasteiger partial charge in [-0.3, -0.25) is 4.99 Å². The zero-order chi connectivity index (χ0) is 21.1. The van der Waals surface area contributed by atoms with Gasteiger partial charge in [0, 0.05) is 58.7 Å². The van der Waals surface area contributed by atoms with Crippen molar-refractivity contribution in [3.8, 4) is 0 Å². The number of methoxy groups -OCH3 is 1. The number of ether oxygens (including phenoxy) is 1. The summed E-state index contributed by atoms with van der Waals surface area (Å²) in [6.45, 7) is 7.69. The van der Waals surface area contributed by atoms with Crippen LogP contribution in [0.2, 0.25) is 0 Å². The Hall–Kier alpha value is -1.64. The lowest BCUT2D eigenvalue weighted by Gasteiger charge is -2.33. The number of aliphatic imine (C=N–C) groups is 1. The summed E-state index contributed by atoms with van der Waals surface area (Å²) in [4.78, 5) is 7.56. The molecule has 0 spiro atoms. The van der Waals surface area contributed by atoms with Crippen molar-refractivity contribution in [3.63, 3.8) is 0 Å². The Labute approximate surface area is 175 Å². The van der Waals surface area contributed by atoms with E-state index in [2.05, 4.69) is 22.5 Å². The van der Waals surface area contributed by atoms with Crippen LogP contribution in [-0.4, -0.2) is 78.0 Å². The second-order valence-corrected chi connectivity index (χ2v) is 9.55. The molecule has 0 atom stereocenters. The number of likely N-dealkylation sites (tertiary alicyclic amines) is 1. The van der Waals surface area contributed by atoms with E-state index in [-0.39, 0.29) is 0 Å². The zero-order valence-electron chi connectivity index (χ0n) is 18.0. The fourth-order valence-electron chi connectivity index (χ4n) is 3.45. The molecule has 2 N–H and O–H groups in total. The molecule has 0 saturated carbocycles. The highest BCUT2D eigenvalue weighted by Gasteiger charge is 2.19. The Balaban J connectivity index is 1.79. The van der Waals surface area contributed by atoms with Crippen molar-refractivity contribution in [3.05, 3.63) is 29.8 Å². The summed E-state index contributed by atoms with van der Waals surface area (Å²) in [6.07, 6.45) is 5.32. The molecule has 2 rings (SSSR count). The summed E-state index contributed by atoms with van der Waals surface area (Å²) in [5.74, 6) is 0.859.